The van der Waals surface area contributed by atoms with Crippen LogP contribution in [0.25, 0.3) is 5.69 Å². The fraction of sp³-hybridized carbons (Fsp3) is 0.450. The first kappa shape index (κ1) is 19.8. The molecule has 26 heavy (non-hydrogen) atoms. The number of nitrogens with one attached hydrogen (secondary N) is 2. The Morgan fingerprint density at radius 1 is 1.23 bits per heavy atom. The van der Waals surface area contributed by atoms with E-state index in [1.807, 2.05) is 64.2 Å². The zero-order valence-corrected chi connectivity index (χ0v) is 16.0. The van der Waals surface area contributed by atoms with Crippen LogP contribution in [-0.4, -0.2) is 33.1 Å². The second-order valence-corrected chi connectivity index (χ2v) is 7.40. The average Bonchev–Trinajstić information content (AvgIpc) is 3.12. The highest BCUT2D eigenvalue weighted by Gasteiger charge is 2.27. The van der Waals surface area contributed by atoms with Crippen molar-refractivity contribution >= 4 is 11.7 Å². The maximum atomic E-state index is 12.5. The molecule has 0 spiro atoms. The molecule has 6 nitrogen and oxygen atoms in total. The van der Waals surface area contributed by atoms with Crippen molar-refractivity contribution in [2.24, 2.45) is 0 Å². The summed E-state index contributed by atoms with van der Waals surface area (Å²) in [5, 5.41) is 10.2. The van der Waals surface area contributed by atoms with Crippen LogP contribution >= 0.6 is 0 Å². The lowest BCUT2D eigenvalue weighted by Gasteiger charge is -2.27. The van der Waals surface area contributed by atoms with Crippen LogP contribution in [0.15, 0.2) is 42.7 Å². The SMILES string of the molecule is CCCC(NC(C)(C)C)C(=O)C(=O)NCc1cccc(-n2cccn2)c1. The van der Waals surface area contributed by atoms with Gasteiger partial charge < -0.3 is 10.6 Å². The lowest BCUT2D eigenvalue weighted by Crippen LogP contribution is -2.51. The van der Waals surface area contributed by atoms with Crippen molar-refractivity contribution in [3.8, 4) is 5.69 Å². The van der Waals surface area contributed by atoms with Gasteiger partial charge in [-0.25, -0.2) is 4.68 Å². The highest BCUT2D eigenvalue weighted by Crippen LogP contribution is 2.10. The molecule has 0 saturated heterocycles. The molecular weight excluding hydrogens is 328 g/mol. The van der Waals surface area contributed by atoms with Gasteiger partial charge >= 0.3 is 0 Å². The van der Waals surface area contributed by atoms with Gasteiger partial charge in [-0.1, -0.05) is 25.5 Å². The average molecular weight is 356 g/mol. The van der Waals surface area contributed by atoms with Gasteiger partial charge in [-0.15, -0.1) is 0 Å². The number of benzene rings is 1. The van der Waals surface area contributed by atoms with Gasteiger partial charge in [0.1, 0.15) is 0 Å². The molecule has 2 aromatic rings. The molecule has 0 fully saturated rings. The van der Waals surface area contributed by atoms with Crippen LogP contribution in [0.1, 0.15) is 46.1 Å². The number of aromatic nitrogens is 2. The van der Waals surface area contributed by atoms with E-state index in [0.717, 1.165) is 17.7 Å². The third-order valence-corrected chi connectivity index (χ3v) is 3.86. The van der Waals surface area contributed by atoms with E-state index in [1.165, 1.54) is 0 Å². The third kappa shape index (κ3) is 5.81. The van der Waals surface area contributed by atoms with Gasteiger partial charge in [0.2, 0.25) is 5.78 Å². The monoisotopic (exact) mass is 356 g/mol. The Balaban J connectivity index is 1.98. The molecule has 1 amide bonds. The Hall–Kier alpha value is -2.47. The smallest absolute Gasteiger partial charge is 0.289 e. The predicted molar refractivity (Wildman–Crippen MR) is 102 cm³/mol. The molecule has 0 bridgehead atoms. The molecule has 1 heterocycles. The van der Waals surface area contributed by atoms with Gasteiger partial charge in [-0.3, -0.25) is 9.59 Å². The van der Waals surface area contributed by atoms with E-state index in [0.29, 0.717) is 13.0 Å². The normalized spacial score (nSPS) is 12.6. The van der Waals surface area contributed by atoms with E-state index in [9.17, 15) is 9.59 Å². The molecule has 0 saturated carbocycles. The Bertz CT molecular complexity index is 733. The standard InChI is InChI=1S/C20H28N4O2/c1-5-8-17(23-20(2,3)4)18(25)19(26)21-14-15-9-6-10-16(13-15)24-12-7-11-22-24/h6-7,9-13,17,23H,5,8,14H2,1-4H3,(H,21,26). The molecule has 2 N–H and O–H groups in total. The van der Waals surface area contributed by atoms with Crippen LogP contribution in [0.5, 0.6) is 0 Å². The highest BCUT2D eigenvalue weighted by molar-refractivity contribution is 6.38. The third-order valence-electron chi connectivity index (χ3n) is 3.86. The van der Waals surface area contributed by atoms with E-state index < -0.39 is 17.7 Å². The van der Waals surface area contributed by atoms with Crippen LogP contribution in [-0.2, 0) is 16.1 Å². The Labute approximate surface area is 155 Å². The van der Waals surface area contributed by atoms with E-state index >= 15 is 0 Å². The fourth-order valence-electron chi connectivity index (χ4n) is 2.74. The number of Topliss-reactive ketones (excluding diaryl/α,β-unsaturated/α-hetero) is 1. The Morgan fingerprint density at radius 3 is 2.62 bits per heavy atom. The minimum atomic E-state index is -0.551. The predicted octanol–water partition coefficient (Wildman–Crippen LogP) is 2.61. The van der Waals surface area contributed by atoms with Crippen LogP contribution < -0.4 is 10.6 Å². The Morgan fingerprint density at radius 2 is 2.00 bits per heavy atom. The molecule has 0 radical (unpaired) electrons. The summed E-state index contributed by atoms with van der Waals surface area (Å²) in [4.78, 5) is 24.8. The molecule has 140 valence electrons. The molecule has 1 aromatic heterocycles. The molecule has 2 rings (SSSR count). The first-order valence-corrected chi connectivity index (χ1v) is 8.99. The van der Waals surface area contributed by atoms with Gasteiger partial charge in [-0.2, -0.15) is 5.10 Å². The minimum Gasteiger partial charge on any atom is -0.345 e. The second-order valence-electron chi connectivity index (χ2n) is 7.40. The van der Waals surface area contributed by atoms with Crippen molar-refractivity contribution in [3.63, 3.8) is 0 Å². The summed E-state index contributed by atoms with van der Waals surface area (Å²) in [5.41, 5.74) is 1.59. The van der Waals surface area contributed by atoms with Crippen molar-refractivity contribution in [1.29, 1.82) is 0 Å². The first-order valence-electron chi connectivity index (χ1n) is 8.99. The van der Waals surface area contributed by atoms with Crippen LogP contribution in [0, 0.1) is 0 Å². The lowest BCUT2D eigenvalue weighted by atomic mass is 10.0. The lowest BCUT2D eigenvalue weighted by molar-refractivity contribution is -0.139. The van der Waals surface area contributed by atoms with Crippen molar-refractivity contribution in [2.45, 2.75) is 58.7 Å². The maximum absolute atomic E-state index is 12.5. The number of hydrogen-bond donors (Lipinski definition) is 2. The van der Waals surface area contributed by atoms with E-state index in [1.54, 1.807) is 10.9 Å². The summed E-state index contributed by atoms with van der Waals surface area (Å²) >= 11 is 0. The summed E-state index contributed by atoms with van der Waals surface area (Å²) in [6.07, 6.45) is 5.04. The zero-order valence-electron chi connectivity index (χ0n) is 16.0. The number of amides is 1. The van der Waals surface area contributed by atoms with Crippen LogP contribution in [0.3, 0.4) is 0 Å². The summed E-state index contributed by atoms with van der Waals surface area (Å²) in [7, 11) is 0. The number of carbonyl (C=O) groups excluding carboxylic acids is 2. The van der Waals surface area contributed by atoms with Crippen molar-refractivity contribution in [2.75, 3.05) is 0 Å². The summed E-state index contributed by atoms with van der Waals surface area (Å²) in [5.74, 6) is -0.963. The number of hydrogen-bond acceptors (Lipinski definition) is 4. The number of carbonyl (C=O) groups is 2. The molecule has 0 aliphatic rings. The molecule has 0 aliphatic carbocycles. The maximum Gasteiger partial charge on any atom is 0.289 e. The fourth-order valence-corrected chi connectivity index (χ4v) is 2.74. The largest absolute Gasteiger partial charge is 0.345 e. The van der Waals surface area contributed by atoms with Crippen molar-refractivity contribution in [1.82, 2.24) is 20.4 Å². The van der Waals surface area contributed by atoms with E-state index in [-0.39, 0.29) is 5.54 Å². The summed E-state index contributed by atoms with van der Waals surface area (Å²) < 4.78 is 1.75. The van der Waals surface area contributed by atoms with Crippen molar-refractivity contribution < 1.29 is 9.59 Å². The Kier molecular flexibility index (Phi) is 6.69. The molecule has 1 atom stereocenters. The topological polar surface area (TPSA) is 76.0 Å². The molecular formula is C20H28N4O2. The molecule has 0 aliphatic heterocycles. The van der Waals surface area contributed by atoms with Gasteiger partial charge in [0.15, 0.2) is 0 Å². The van der Waals surface area contributed by atoms with E-state index in [4.69, 9.17) is 0 Å². The quantitative estimate of drug-likeness (QED) is 0.713. The minimum absolute atomic E-state index is 0.228. The molecule has 1 unspecified atom stereocenters. The molecule has 1 aromatic carbocycles. The van der Waals surface area contributed by atoms with Gasteiger partial charge in [0.05, 0.1) is 11.7 Å². The van der Waals surface area contributed by atoms with Crippen molar-refractivity contribution in [3.05, 3.63) is 48.3 Å². The van der Waals surface area contributed by atoms with Gasteiger partial charge in [0, 0.05) is 24.5 Å². The number of nitrogens with zero attached hydrogens (tertiary/aromatic N) is 2. The number of rotatable bonds is 8. The van der Waals surface area contributed by atoms with E-state index in [2.05, 4.69) is 15.7 Å². The highest BCUT2D eigenvalue weighted by atomic mass is 16.2. The molecule has 6 heteroatoms. The van der Waals surface area contributed by atoms with Gasteiger partial charge in [-0.05, 0) is 51.0 Å². The first-order chi connectivity index (χ1) is 12.3. The van der Waals surface area contributed by atoms with Crippen LogP contribution in [0.4, 0.5) is 0 Å². The zero-order chi connectivity index (χ0) is 19.2. The van der Waals surface area contributed by atoms with Crippen LogP contribution in [0.2, 0.25) is 0 Å². The second kappa shape index (κ2) is 8.76. The summed E-state index contributed by atoms with van der Waals surface area (Å²) in [6.45, 7) is 8.27. The van der Waals surface area contributed by atoms with Gasteiger partial charge in [0.25, 0.3) is 5.91 Å². The number of ketones is 1. The summed E-state index contributed by atoms with van der Waals surface area (Å²) in [6, 6.07) is 9.08.